The molecule has 0 fully saturated rings. The zero-order valence-electron chi connectivity index (χ0n) is 13.6. The predicted molar refractivity (Wildman–Crippen MR) is 91.8 cm³/mol. The average molecular weight is 334 g/mol. The summed E-state index contributed by atoms with van der Waals surface area (Å²) in [7, 11) is 1.76. The Hall–Kier alpha value is -1.89. The van der Waals surface area contributed by atoms with Crippen molar-refractivity contribution in [2.45, 2.75) is 18.0 Å². The first-order valence-electron chi connectivity index (χ1n) is 7.26. The normalized spacial score (nSPS) is 11.7. The Bertz CT molecular complexity index is 758. The van der Waals surface area contributed by atoms with E-state index in [-0.39, 0.29) is 11.5 Å². The number of para-hydroxylation sites is 1. The number of nitrogens with zero attached hydrogens (tertiary/aromatic N) is 1. The molecule has 0 radical (unpaired) electrons. The fourth-order valence-corrected chi connectivity index (χ4v) is 3.67. The summed E-state index contributed by atoms with van der Waals surface area (Å²) in [6.45, 7) is 0.898. The third-order valence-electron chi connectivity index (χ3n) is 3.31. The second kappa shape index (κ2) is 7.59. The third-order valence-corrected chi connectivity index (χ3v) is 4.78. The Morgan fingerprint density at radius 3 is 2.26 bits per heavy atom. The van der Waals surface area contributed by atoms with Crippen molar-refractivity contribution in [3.05, 3.63) is 59.7 Å². The smallest absolute Gasteiger partial charge is 0.262 e. The van der Waals surface area contributed by atoms with Gasteiger partial charge in [-0.15, -0.1) is 0 Å². The molecule has 0 aliphatic rings. The molecule has 23 heavy (non-hydrogen) atoms. The predicted octanol–water partition coefficient (Wildman–Crippen LogP) is 2.70. The number of methoxy groups -OCH3 is 1. The Kier molecular flexibility index (Phi) is 5.76. The van der Waals surface area contributed by atoms with Crippen molar-refractivity contribution in [3.63, 3.8) is 0 Å². The van der Waals surface area contributed by atoms with E-state index in [1.165, 1.54) is 0 Å². The molecule has 0 unspecified atom stereocenters. The fourth-order valence-electron chi connectivity index (χ4n) is 2.34. The molecule has 1 N–H and O–H groups in total. The van der Waals surface area contributed by atoms with Crippen LogP contribution in [0.3, 0.4) is 0 Å². The molecule has 124 valence electrons. The van der Waals surface area contributed by atoms with Crippen LogP contribution in [0, 0.1) is 0 Å². The van der Waals surface area contributed by atoms with Gasteiger partial charge in [0.2, 0.25) is 0 Å². The van der Waals surface area contributed by atoms with Gasteiger partial charge in [0, 0.05) is 13.7 Å². The summed E-state index contributed by atoms with van der Waals surface area (Å²) in [5, 5.41) is 0. The van der Waals surface area contributed by atoms with Gasteiger partial charge in [0.25, 0.3) is 10.0 Å². The number of nitrogens with one attached hydrogen (secondary N) is 1. The quantitative estimate of drug-likeness (QED) is 0.846. The second-order valence-electron chi connectivity index (χ2n) is 5.54. The third kappa shape index (κ3) is 4.54. The molecular weight excluding hydrogens is 312 g/mol. The summed E-state index contributed by atoms with van der Waals surface area (Å²) in [6, 6.07) is 14.3. The fraction of sp³-hybridized carbons (Fsp3) is 0.294. The van der Waals surface area contributed by atoms with Gasteiger partial charge in [-0.3, -0.25) is 4.72 Å². The largest absolute Gasteiger partial charge is 0.380 e. The highest BCUT2D eigenvalue weighted by Gasteiger charge is 2.19. The molecule has 0 spiro atoms. The molecule has 0 bridgehead atoms. The van der Waals surface area contributed by atoms with Gasteiger partial charge in [0.15, 0.2) is 0 Å². The van der Waals surface area contributed by atoms with Crippen LogP contribution < -0.4 is 4.72 Å². The monoisotopic (exact) mass is 334 g/mol. The average Bonchev–Trinajstić information content (AvgIpc) is 2.49. The highest BCUT2D eigenvalue weighted by molar-refractivity contribution is 7.92. The van der Waals surface area contributed by atoms with Crippen molar-refractivity contribution < 1.29 is 13.2 Å². The number of benzene rings is 2. The first-order valence-corrected chi connectivity index (χ1v) is 8.74. The molecule has 6 heteroatoms. The van der Waals surface area contributed by atoms with E-state index >= 15 is 0 Å². The lowest BCUT2D eigenvalue weighted by Crippen LogP contribution is -2.18. The van der Waals surface area contributed by atoms with E-state index in [0.29, 0.717) is 17.8 Å². The van der Waals surface area contributed by atoms with Gasteiger partial charge in [0.1, 0.15) is 0 Å². The van der Waals surface area contributed by atoms with Crippen molar-refractivity contribution >= 4 is 15.7 Å². The molecule has 2 aromatic rings. The zero-order chi connectivity index (χ0) is 16.9. The maximum absolute atomic E-state index is 12.8. The van der Waals surface area contributed by atoms with Gasteiger partial charge in [-0.1, -0.05) is 36.4 Å². The van der Waals surface area contributed by atoms with Crippen LogP contribution >= 0.6 is 0 Å². The number of anilines is 1. The molecular formula is C17H22N2O3S. The van der Waals surface area contributed by atoms with Crippen LogP contribution in [0.4, 0.5) is 5.69 Å². The second-order valence-corrected chi connectivity index (χ2v) is 7.19. The number of rotatable bonds is 7. The van der Waals surface area contributed by atoms with Gasteiger partial charge in [-0.05, 0) is 37.4 Å². The minimum Gasteiger partial charge on any atom is -0.380 e. The van der Waals surface area contributed by atoms with Crippen molar-refractivity contribution in [3.8, 4) is 0 Å². The van der Waals surface area contributed by atoms with Crippen LogP contribution in [0.2, 0.25) is 0 Å². The van der Waals surface area contributed by atoms with E-state index in [1.807, 2.05) is 37.2 Å². The summed E-state index contributed by atoms with van der Waals surface area (Å²) < 4.78 is 33.3. The number of hydrogen-bond acceptors (Lipinski definition) is 4. The van der Waals surface area contributed by atoms with Crippen LogP contribution in [-0.4, -0.2) is 34.5 Å². The summed E-state index contributed by atoms with van der Waals surface area (Å²) in [6.07, 6.45) is 0. The summed E-state index contributed by atoms with van der Waals surface area (Å²) in [4.78, 5) is 2.23. The van der Waals surface area contributed by atoms with Crippen molar-refractivity contribution in [2.24, 2.45) is 0 Å². The lowest BCUT2D eigenvalue weighted by molar-refractivity contribution is 0.182. The van der Waals surface area contributed by atoms with Crippen molar-refractivity contribution in [1.29, 1.82) is 0 Å². The molecule has 5 nitrogen and oxygen atoms in total. The van der Waals surface area contributed by atoms with Gasteiger partial charge in [-0.2, -0.15) is 0 Å². The van der Waals surface area contributed by atoms with E-state index in [9.17, 15) is 8.42 Å². The first kappa shape index (κ1) is 17.5. The molecule has 0 aromatic heterocycles. The van der Waals surface area contributed by atoms with Gasteiger partial charge in [0.05, 0.1) is 17.2 Å². The maximum Gasteiger partial charge on any atom is 0.262 e. The minimum atomic E-state index is -3.67. The van der Waals surface area contributed by atoms with E-state index in [1.54, 1.807) is 37.4 Å². The van der Waals surface area contributed by atoms with Gasteiger partial charge in [-0.25, -0.2) is 8.42 Å². The van der Waals surface area contributed by atoms with E-state index in [2.05, 4.69) is 4.72 Å². The van der Waals surface area contributed by atoms with Gasteiger partial charge >= 0.3 is 0 Å². The van der Waals surface area contributed by atoms with Crippen LogP contribution in [-0.2, 0) is 27.9 Å². The number of sulfonamides is 1. The molecule has 2 aromatic carbocycles. The Morgan fingerprint density at radius 1 is 1.00 bits per heavy atom. The highest BCUT2D eigenvalue weighted by Crippen LogP contribution is 2.23. The Labute approximate surface area is 137 Å². The van der Waals surface area contributed by atoms with Crippen LogP contribution in [0.1, 0.15) is 11.1 Å². The molecule has 0 amide bonds. The molecule has 0 atom stereocenters. The maximum atomic E-state index is 12.8. The van der Waals surface area contributed by atoms with Crippen molar-refractivity contribution in [2.75, 3.05) is 25.9 Å². The molecule has 0 aliphatic heterocycles. The molecule has 0 saturated carbocycles. The van der Waals surface area contributed by atoms with E-state index in [0.717, 1.165) is 5.56 Å². The summed E-state index contributed by atoms with van der Waals surface area (Å²) >= 11 is 0. The topological polar surface area (TPSA) is 58.6 Å². The standard InChI is InChI=1S/C17H22N2O3S/c1-19(2)12-14-8-4-6-10-16(14)18-23(20,21)17-11-7-5-9-15(17)13-22-3/h4-11,18H,12-13H2,1-3H3. The van der Waals surface area contributed by atoms with E-state index in [4.69, 9.17) is 4.74 Å². The first-order chi connectivity index (χ1) is 10.9. The van der Waals surface area contributed by atoms with Gasteiger partial charge < -0.3 is 9.64 Å². The number of ether oxygens (including phenoxy) is 1. The van der Waals surface area contributed by atoms with E-state index < -0.39 is 10.0 Å². The zero-order valence-corrected chi connectivity index (χ0v) is 14.4. The Balaban J connectivity index is 2.36. The van der Waals surface area contributed by atoms with Crippen LogP contribution in [0.15, 0.2) is 53.4 Å². The molecule has 0 saturated heterocycles. The highest BCUT2D eigenvalue weighted by atomic mass is 32.2. The Morgan fingerprint density at radius 2 is 1.61 bits per heavy atom. The van der Waals surface area contributed by atoms with Crippen LogP contribution in [0.25, 0.3) is 0 Å². The minimum absolute atomic E-state index is 0.238. The number of hydrogen-bond donors (Lipinski definition) is 1. The molecule has 2 rings (SSSR count). The lowest BCUT2D eigenvalue weighted by atomic mass is 10.2. The summed E-state index contributed by atoms with van der Waals surface area (Å²) in [5.74, 6) is 0. The molecule has 0 heterocycles. The molecule has 0 aliphatic carbocycles. The lowest BCUT2D eigenvalue weighted by Gasteiger charge is -2.17. The van der Waals surface area contributed by atoms with Crippen LogP contribution in [0.5, 0.6) is 0 Å². The van der Waals surface area contributed by atoms with Crippen molar-refractivity contribution in [1.82, 2.24) is 4.90 Å². The summed E-state index contributed by atoms with van der Waals surface area (Å²) in [5.41, 5.74) is 2.14. The SMILES string of the molecule is COCc1ccccc1S(=O)(=O)Nc1ccccc1CN(C)C.